The summed E-state index contributed by atoms with van der Waals surface area (Å²) in [6, 6.07) is 3.63. The number of ether oxygens (including phenoxy) is 2. The van der Waals surface area contributed by atoms with Crippen LogP contribution in [-0.2, 0) is 0 Å². The van der Waals surface area contributed by atoms with Gasteiger partial charge in [0.1, 0.15) is 0 Å². The number of nitrogens with two attached hydrogens (primary N) is 1. The molecule has 0 bridgehead atoms. The van der Waals surface area contributed by atoms with Gasteiger partial charge in [-0.2, -0.15) is 0 Å². The molecule has 108 valence electrons. The summed E-state index contributed by atoms with van der Waals surface area (Å²) in [7, 11) is 7.32. The molecule has 3 N–H and O–H groups in total. The summed E-state index contributed by atoms with van der Waals surface area (Å²) in [5.74, 6) is 1.30. The van der Waals surface area contributed by atoms with Crippen molar-refractivity contribution in [3.63, 3.8) is 0 Å². The quantitative estimate of drug-likeness (QED) is 0.772. The van der Waals surface area contributed by atoms with E-state index in [-0.39, 0.29) is 5.54 Å². The molecule has 0 heterocycles. The summed E-state index contributed by atoms with van der Waals surface area (Å²) < 4.78 is 10.5. The highest BCUT2D eigenvalue weighted by Gasteiger charge is 2.20. The summed E-state index contributed by atoms with van der Waals surface area (Å²) in [6.07, 6.45) is 0. The van der Waals surface area contributed by atoms with E-state index >= 15 is 0 Å². The van der Waals surface area contributed by atoms with E-state index in [0.29, 0.717) is 17.2 Å². The maximum atomic E-state index is 6.01. The second-order valence-electron chi connectivity index (χ2n) is 5.35. The van der Waals surface area contributed by atoms with E-state index < -0.39 is 0 Å². The Morgan fingerprint density at radius 1 is 1.16 bits per heavy atom. The Labute approximate surface area is 115 Å². The lowest BCUT2D eigenvalue weighted by atomic mass is 10.0. The summed E-state index contributed by atoms with van der Waals surface area (Å²) >= 11 is 0. The molecule has 1 rings (SSSR count). The standard InChI is InChI=1S/C14H25N3O2/c1-14(2,17(3)4)9-16-11-8-13(19-6)12(18-5)7-10(11)15/h7-8,16H,9,15H2,1-6H3. The average molecular weight is 267 g/mol. The molecule has 0 aliphatic rings. The van der Waals surface area contributed by atoms with Crippen molar-refractivity contribution in [2.24, 2.45) is 0 Å². The Kier molecular flexibility index (Phi) is 4.89. The van der Waals surface area contributed by atoms with Crippen LogP contribution < -0.4 is 20.5 Å². The molecule has 0 amide bonds. The van der Waals surface area contributed by atoms with Gasteiger partial charge in [-0.3, -0.25) is 0 Å². The molecule has 0 aliphatic heterocycles. The van der Waals surface area contributed by atoms with Gasteiger partial charge >= 0.3 is 0 Å². The van der Waals surface area contributed by atoms with Gasteiger partial charge in [0.15, 0.2) is 11.5 Å². The molecule has 19 heavy (non-hydrogen) atoms. The molecule has 1 aromatic carbocycles. The van der Waals surface area contributed by atoms with Crippen LogP contribution >= 0.6 is 0 Å². The van der Waals surface area contributed by atoms with Gasteiger partial charge in [-0.1, -0.05) is 0 Å². The van der Waals surface area contributed by atoms with Gasteiger partial charge in [0.05, 0.1) is 25.6 Å². The minimum atomic E-state index is 0.0274. The maximum absolute atomic E-state index is 6.01. The second-order valence-corrected chi connectivity index (χ2v) is 5.35. The number of nitrogens with zero attached hydrogens (tertiary/aromatic N) is 1. The van der Waals surface area contributed by atoms with Crippen LogP contribution in [0.15, 0.2) is 12.1 Å². The van der Waals surface area contributed by atoms with E-state index in [0.717, 1.165) is 12.2 Å². The van der Waals surface area contributed by atoms with E-state index in [1.807, 2.05) is 6.07 Å². The molecular weight excluding hydrogens is 242 g/mol. The second kappa shape index (κ2) is 6.02. The van der Waals surface area contributed by atoms with Crippen molar-refractivity contribution in [3.05, 3.63) is 12.1 Å². The molecule has 0 saturated heterocycles. The van der Waals surface area contributed by atoms with E-state index in [1.54, 1.807) is 20.3 Å². The SMILES string of the molecule is COc1cc(N)c(NCC(C)(C)N(C)C)cc1OC. The highest BCUT2D eigenvalue weighted by molar-refractivity contribution is 5.72. The topological polar surface area (TPSA) is 59.8 Å². The van der Waals surface area contributed by atoms with Crippen LogP contribution in [-0.4, -0.2) is 45.3 Å². The zero-order chi connectivity index (χ0) is 14.6. The van der Waals surface area contributed by atoms with Gasteiger partial charge in [-0.15, -0.1) is 0 Å². The van der Waals surface area contributed by atoms with Crippen LogP contribution in [0.5, 0.6) is 11.5 Å². The summed E-state index contributed by atoms with van der Waals surface area (Å²) in [4.78, 5) is 2.16. The van der Waals surface area contributed by atoms with Crippen molar-refractivity contribution in [1.82, 2.24) is 4.90 Å². The highest BCUT2D eigenvalue weighted by Crippen LogP contribution is 2.35. The van der Waals surface area contributed by atoms with Crippen molar-refractivity contribution in [2.45, 2.75) is 19.4 Å². The van der Waals surface area contributed by atoms with Crippen molar-refractivity contribution in [3.8, 4) is 11.5 Å². The first-order valence-corrected chi connectivity index (χ1v) is 6.24. The zero-order valence-corrected chi connectivity index (χ0v) is 12.7. The smallest absolute Gasteiger partial charge is 0.162 e. The third-order valence-electron chi connectivity index (χ3n) is 3.48. The average Bonchev–Trinajstić information content (AvgIpc) is 2.36. The maximum Gasteiger partial charge on any atom is 0.162 e. The van der Waals surface area contributed by atoms with Crippen LogP contribution in [0, 0.1) is 0 Å². The fourth-order valence-corrected chi connectivity index (χ4v) is 1.52. The molecule has 0 radical (unpaired) electrons. The zero-order valence-electron chi connectivity index (χ0n) is 12.7. The normalized spacial score (nSPS) is 11.5. The van der Waals surface area contributed by atoms with Crippen molar-refractivity contribution < 1.29 is 9.47 Å². The number of rotatable bonds is 6. The predicted molar refractivity (Wildman–Crippen MR) is 80.2 cm³/mol. The van der Waals surface area contributed by atoms with Crippen molar-refractivity contribution in [2.75, 3.05) is 45.9 Å². The third kappa shape index (κ3) is 3.67. The lowest BCUT2D eigenvalue weighted by molar-refractivity contribution is 0.210. The first-order chi connectivity index (χ1) is 8.81. The van der Waals surface area contributed by atoms with Crippen LogP contribution in [0.4, 0.5) is 11.4 Å². The lowest BCUT2D eigenvalue weighted by Gasteiger charge is -2.33. The Hall–Kier alpha value is -1.62. The monoisotopic (exact) mass is 267 g/mol. The van der Waals surface area contributed by atoms with E-state index in [2.05, 4.69) is 38.2 Å². The number of likely N-dealkylation sites (N-methyl/N-ethyl adjacent to an activating group) is 1. The van der Waals surface area contributed by atoms with Crippen molar-refractivity contribution >= 4 is 11.4 Å². The molecule has 0 aliphatic carbocycles. The summed E-state index contributed by atoms with van der Waals surface area (Å²) in [5.41, 5.74) is 7.54. The molecule has 0 saturated carbocycles. The van der Waals surface area contributed by atoms with Gasteiger partial charge < -0.3 is 25.4 Å². The number of hydrogen-bond acceptors (Lipinski definition) is 5. The van der Waals surface area contributed by atoms with Gasteiger partial charge in [0.2, 0.25) is 0 Å². The van der Waals surface area contributed by atoms with Gasteiger partial charge in [0, 0.05) is 24.2 Å². The molecular formula is C14H25N3O2. The Balaban J connectivity index is 2.90. The minimum Gasteiger partial charge on any atom is -0.493 e. The van der Waals surface area contributed by atoms with Crippen LogP contribution in [0.1, 0.15) is 13.8 Å². The molecule has 0 fully saturated rings. The Morgan fingerprint density at radius 3 is 2.16 bits per heavy atom. The number of nitrogen functional groups attached to an aromatic ring is 1. The van der Waals surface area contributed by atoms with Crippen molar-refractivity contribution in [1.29, 1.82) is 0 Å². The Bertz CT molecular complexity index is 431. The molecule has 1 aromatic rings. The number of nitrogens with one attached hydrogen (secondary N) is 1. The summed E-state index contributed by atoms with van der Waals surface area (Å²) in [5, 5.41) is 3.36. The lowest BCUT2D eigenvalue weighted by Crippen LogP contribution is -2.44. The first-order valence-electron chi connectivity index (χ1n) is 6.24. The number of anilines is 2. The number of benzene rings is 1. The minimum absolute atomic E-state index is 0.0274. The van der Waals surface area contributed by atoms with E-state index in [9.17, 15) is 0 Å². The number of methoxy groups -OCH3 is 2. The van der Waals surface area contributed by atoms with Gasteiger partial charge in [-0.25, -0.2) is 0 Å². The van der Waals surface area contributed by atoms with E-state index in [4.69, 9.17) is 15.2 Å². The largest absolute Gasteiger partial charge is 0.493 e. The third-order valence-corrected chi connectivity index (χ3v) is 3.48. The molecule has 5 heteroatoms. The van der Waals surface area contributed by atoms with Gasteiger partial charge in [0.25, 0.3) is 0 Å². The fourth-order valence-electron chi connectivity index (χ4n) is 1.52. The predicted octanol–water partition coefficient (Wildman–Crippen LogP) is 2.04. The Morgan fingerprint density at radius 2 is 1.68 bits per heavy atom. The fraction of sp³-hybridized carbons (Fsp3) is 0.571. The molecule has 0 unspecified atom stereocenters. The number of hydrogen-bond donors (Lipinski definition) is 2. The highest BCUT2D eigenvalue weighted by atomic mass is 16.5. The van der Waals surface area contributed by atoms with Gasteiger partial charge in [-0.05, 0) is 27.9 Å². The van der Waals surface area contributed by atoms with Crippen LogP contribution in [0.25, 0.3) is 0 Å². The first kappa shape index (κ1) is 15.4. The molecule has 0 atom stereocenters. The van der Waals surface area contributed by atoms with E-state index in [1.165, 1.54) is 0 Å². The molecule has 5 nitrogen and oxygen atoms in total. The molecule has 0 aromatic heterocycles. The van der Waals surface area contributed by atoms with Crippen LogP contribution in [0.3, 0.4) is 0 Å². The molecule has 0 spiro atoms. The summed E-state index contributed by atoms with van der Waals surface area (Å²) in [6.45, 7) is 5.10. The van der Waals surface area contributed by atoms with Crippen LogP contribution in [0.2, 0.25) is 0 Å².